The molecule has 0 unspecified atom stereocenters. The highest BCUT2D eigenvalue weighted by Crippen LogP contribution is 2.32. The molecule has 2 aliphatic heterocycles. The molecule has 1 fully saturated rings. The van der Waals surface area contributed by atoms with Crippen molar-refractivity contribution in [2.75, 3.05) is 43.4 Å². The zero-order chi connectivity index (χ0) is 24.6. The summed E-state index contributed by atoms with van der Waals surface area (Å²) in [6.07, 6.45) is 0. The van der Waals surface area contributed by atoms with E-state index in [4.69, 9.17) is 0 Å². The summed E-state index contributed by atoms with van der Waals surface area (Å²) in [5.41, 5.74) is 2.89. The number of nitriles is 1. The lowest BCUT2D eigenvalue weighted by Crippen LogP contribution is -2.44. The zero-order valence-electron chi connectivity index (χ0n) is 19.2. The van der Waals surface area contributed by atoms with Gasteiger partial charge in [0.05, 0.1) is 22.7 Å². The first kappa shape index (κ1) is 23.0. The normalized spacial score (nSPS) is 16.6. The van der Waals surface area contributed by atoms with Crippen LogP contribution in [0.2, 0.25) is 0 Å². The van der Waals surface area contributed by atoms with Crippen LogP contribution in [0.3, 0.4) is 0 Å². The van der Waals surface area contributed by atoms with Crippen molar-refractivity contribution in [3.63, 3.8) is 0 Å². The molecule has 10 nitrogen and oxygen atoms in total. The standard InChI is InChI=1S/C24H25N7O3S/c1-29-10-12-30(13-11-29)19-8-6-17(7-9-19)24(32)26-23-20-15-31(16-21(20)27-28-23)35(33,34)22-5-3-2-4-18(22)14-25/h2-9H,10-13,15-16H2,1H3,(H2,26,27,28,32). The smallest absolute Gasteiger partial charge is 0.256 e. The van der Waals surface area contributed by atoms with E-state index in [-0.39, 0.29) is 29.5 Å². The first-order valence-corrected chi connectivity index (χ1v) is 12.7. The number of aromatic nitrogens is 2. The number of carbonyl (C=O) groups is 1. The van der Waals surface area contributed by atoms with E-state index in [1.165, 1.54) is 16.4 Å². The van der Waals surface area contributed by atoms with Crippen molar-refractivity contribution < 1.29 is 13.2 Å². The summed E-state index contributed by atoms with van der Waals surface area (Å²) < 4.78 is 27.6. The molecule has 1 aromatic heterocycles. The number of H-pyrrole nitrogens is 1. The Morgan fingerprint density at radius 2 is 1.77 bits per heavy atom. The van der Waals surface area contributed by atoms with Crippen molar-refractivity contribution in [2.45, 2.75) is 18.0 Å². The Hall–Kier alpha value is -3.72. The van der Waals surface area contributed by atoms with Gasteiger partial charge in [0.15, 0.2) is 5.82 Å². The van der Waals surface area contributed by atoms with Crippen molar-refractivity contribution >= 4 is 27.4 Å². The Labute approximate surface area is 203 Å². The predicted molar refractivity (Wildman–Crippen MR) is 130 cm³/mol. The predicted octanol–water partition coefficient (Wildman–Crippen LogP) is 1.99. The third-order valence-electron chi connectivity index (χ3n) is 6.48. The second kappa shape index (κ2) is 9.14. The molecule has 11 heteroatoms. The lowest BCUT2D eigenvalue weighted by Gasteiger charge is -2.34. The molecule has 2 aromatic carbocycles. The van der Waals surface area contributed by atoms with Gasteiger partial charge in [-0.2, -0.15) is 14.7 Å². The molecule has 5 rings (SSSR count). The highest BCUT2D eigenvalue weighted by Gasteiger charge is 2.35. The molecule has 3 aromatic rings. The van der Waals surface area contributed by atoms with Crippen LogP contribution in [0.1, 0.15) is 27.2 Å². The number of aromatic amines is 1. The van der Waals surface area contributed by atoms with Gasteiger partial charge in [0.25, 0.3) is 5.91 Å². The number of hydrogen-bond acceptors (Lipinski definition) is 7. The monoisotopic (exact) mass is 491 g/mol. The second-order valence-electron chi connectivity index (χ2n) is 8.70. The number of amides is 1. The minimum absolute atomic E-state index is 0.0355. The average Bonchev–Trinajstić information content (AvgIpc) is 3.47. The van der Waals surface area contributed by atoms with Crippen LogP contribution in [0.4, 0.5) is 11.5 Å². The minimum Gasteiger partial charge on any atom is -0.369 e. The molecule has 0 saturated carbocycles. The van der Waals surface area contributed by atoms with Crippen molar-refractivity contribution in [1.82, 2.24) is 19.4 Å². The van der Waals surface area contributed by atoms with E-state index in [9.17, 15) is 18.5 Å². The number of hydrogen-bond donors (Lipinski definition) is 2. The number of nitrogens with one attached hydrogen (secondary N) is 2. The molecule has 1 amide bonds. The lowest BCUT2D eigenvalue weighted by atomic mass is 10.1. The molecule has 2 N–H and O–H groups in total. The Bertz CT molecular complexity index is 1400. The van der Waals surface area contributed by atoms with Crippen LogP contribution in [0.15, 0.2) is 53.4 Å². The summed E-state index contributed by atoms with van der Waals surface area (Å²) in [6.45, 7) is 4.02. The highest BCUT2D eigenvalue weighted by molar-refractivity contribution is 7.89. The largest absolute Gasteiger partial charge is 0.369 e. The van der Waals surface area contributed by atoms with Gasteiger partial charge in [-0.1, -0.05) is 12.1 Å². The van der Waals surface area contributed by atoms with Gasteiger partial charge in [0.1, 0.15) is 6.07 Å². The van der Waals surface area contributed by atoms with Crippen molar-refractivity contribution in [3.05, 3.63) is 70.9 Å². The fraction of sp³-hybridized carbons (Fsp3) is 0.292. The summed E-state index contributed by atoms with van der Waals surface area (Å²) in [4.78, 5) is 17.4. The molecule has 0 bridgehead atoms. The molecule has 3 heterocycles. The van der Waals surface area contributed by atoms with Crippen LogP contribution in [-0.2, 0) is 23.1 Å². The second-order valence-corrected chi connectivity index (χ2v) is 10.6. The molecule has 1 saturated heterocycles. The maximum absolute atomic E-state index is 13.2. The molecule has 0 spiro atoms. The highest BCUT2D eigenvalue weighted by atomic mass is 32.2. The van der Waals surface area contributed by atoms with Crippen LogP contribution in [0.5, 0.6) is 0 Å². The van der Waals surface area contributed by atoms with E-state index in [0.717, 1.165) is 31.9 Å². The fourth-order valence-electron chi connectivity index (χ4n) is 4.38. The van der Waals surface area contributed by atoms with Gasteiger partial charge in [0.2, 0.25) is 10.0 Å². The fourth-order valence-corrected chi connectivity index (χ4v) is 5.89. The molecular formula is C24H25N7O3S. The molecule has 35 heavy (non-hydrogen) atoms. The van der Waals surface area contributed by atoms with Gasteiger partial charge in [-0.05, 0) is 43.4 Å². The van der Waals surface area contributed by atoms with Crippen LogP contribution >= 0.6 is 0 Å². The molecule has 2 aliphatic rings. The summed E-state index contributed by atoms with van der Waals surface area (Å²) in [7, 11) is -1.79. The average molecular weight is 492 g/mol. The number of nitrogens with zero attached hydrogens (tertiary/aromatic N) is 5. The third-order valence-corrected chi connectivity index (χ3v) is 8.33. The summed E-state index contributed by atoms with van der Waals surface area (Å²) >= 11 is 0. The van der Waals surface area contributed by atoms with Crippen LogP contribution < -0.4 is 10.2 Å². The van der Waals surface area contributed by atoms with E-state index in [2.05, 4.69) is 32.4 Å². The number of likely N-dealkylation sites (N-methyl/N-ethyl adjacent to an activating group) is 1. The van der Waals surface area contributed by atoms with E-state index >= 15 is 0 Å². The topological polar surface area (TPSA) is 125 Å². The number of fused-ring (bicyclic) bond motifs is 1. The van der Waals surface area contributed by atoms with Gasteiger partial charge in [0, 0.05) is 49.5 Å². The van der Waals surface area contributed by atoms with E-state index in [0.29, 0.717) is 22.6 Å². The van der Waals surface area contributed by atoms with E-state index in [1.54, 1.807) is 24.3 Å². The van der Waals surface area contributed by atoms with E-state index in [1.807, 2.05) is 18.2 Å². The van der Waals surface area contributed by atoms with Gasteiger partial charge in [-0.25, -0.2) is 8.42 Å². The number of carbonyl (C=O) groups excluding carboxylic acids is 1. The van der Waals surface area contributed by atoms with Gasteiger partial charge >= 0.3 is 0 Å². The number of anilines is 2. The molecule has 180 valence electrons. The van der Waals surface area contributed by atoms with Crippen molar-refractivity contribution in [1.29, 1.82) is 5.26 Å². The number of benzene rings is 2. The SMILES string of the molecule is CN1CCN(c2ccc(C(=O)Nc3n[nH]c4c3CN(S(=O)(=O)c3ccccc3C#N)C4)cc2)CC1. The molecular weight excluding hydrogens is 466 g/mol. The van der Waals surface area contributed by atoms with Crippen molar-refractivity contribution in [2.24, 2.45) is 0 Å². The Morgan fingerprint density at radius 1 is 1.06 bits per heavy atom. The summed E-state index contributed by atoms with van der Waals surface area (Å²) in [5, 5.41) is 19.1. The number of rotatable bonds is 5. The number of piperazine rings is 1. The van der Waals surface area contributed by atoms with E-state index < -0.39 is 10.0 Å². The van der Waals surface area contributed by atoms with Gasteiger partial charge in [-0.3, -0.25) is 9.89 Å². The maximum atomic E-state index is 13.2. The first-order chi connectivity index (χ1) is 16.9. The first-order valence-electron chi connectivity index (χ1n) is 11.3. The Morgan fingerprint density at radius 3 is 2.49 bits per heavy atom. The van der Waals surface area contributed by atoms with Crippen LogP contribution in [-0.4, -0.2) is 67.0 Å². The zero-order valence-corrected chi connectivity index (χ0v) is 20.0. The van der Waals surface area contributed by atoms with Crippen LogP contribution in [0, 0.1) is 11.3 Å². The lowest BCUT2D eigenvalue weighted by molar-refractivity contribution is 0.102. The third kappa shape index (κ3) is 4.39. The summed E-state index contributed by atoms with van der Waals surface area (Å²) in [5.74, 6) is -0.0141. The minimum atomic E-state index is -3.89. The Kier molecular flexibility index (Phi) is 6.02. The maximum Gasteiger partial charge on any atom is 0.256 e. The quantitative estimate of drug-likeness (QED) is 0.559. The van der Waals surface area contributed by atoms with Crippen molar-refractivity contribution in [3.8, 4) is 6.07 Å². The number of sulfonamides is 1. The molecule has 0 radical (unpaired) electrons. The molecule has 0 atom stereocenters. The van der Waals surface area contributed by atoms with Gasteiger partial charge < -0.3 is 15.1 Å². The summed E-state index contributed by atoms with van der Waals surface area (Å²) in [6, 6.07) is 15.5. The van der Waals surface area contributed by atoms with Gasteiger partial charge in [-0.15, -0.1) is 0 Å². The molecule has 0 aliphatic carbocycles. The van der Waals surface area contributed by atoms with Crippen LogP contribution in [0.25, 0.3) is 0 Å². The Balaban J connectivity index is 1.28.